The molecule has 8 atom stereocenters. The number of aliphatic hydroxyl groups is 1. The Balaban J connectivity index is 1.51. The minimum atomic E-state index is -0.513. The van der Waals surface area contributed by atoms with Crippen molar-refractivity contribution < 1.29 is 14.9 Å². The molecule has 7 rings (SSSR count). The molecule has 4 nitrogen and oxygen atoms in total. The Hall–Kier alpha value is -1.54. The van der Waals surface area contributed by atoms with Gasteiger partial charge < -0.3 is 20.7 Å². The van der Waals surface area contributed by atoms with Crippen LogP contribution in [0.5, 0.6) is 5.75 Å². The Morgan fingerprint density at radius 2 is 2.06 bits per heavy atom. The van der Waals surface area contributed by atoms with E-state index in [9.17, 15) is 10.2 Å². The van der Waals surface area contributed by atoms with Gasteiger partial charge >= 0.3 is 0 Å². The monoisotopic (exact) mass is 449 g/mol. The zero-order valence-corrected chi connectivity index (χ0v) is 20.0. The number of hydrogen-bond acceptors (Lipinski definition) is 4. The summed E-state index contributed by atoms with van der Waals surface area (Å²) in [6.45, 7) is 2.42. The Kier molecular flexibility index (Phi) is 5.15. The highest BCUT2D eigenvalue weighted by Crippen LogP contribution is 2.67. The van der Waals surface area contributed by atoms with Crippen LogP contribution in [0.1, 0.15) is 75.8 Å². The standard InChI is InChI=1S/C29H39NO3/c1-27-12-4-7-22-18-29(33-27)23-8-2-5-19(16-23)15-21-10-11-24(32)17-20(21)6-3-9-25(29)28(30,13-14-31)26(22)27/h10-11,17,19,22-23,25-26,31-32H,2,4-8,12-16,18,30H2,1H3. The third-order valence-electron chi connectivity index (χ3n) is 10.2. The first-order valence-electron chi connectivity index (χ1n) is 13.3. The number of fused-ring (bicyclic) bond motifs is 3. The second-order valence-electron chi connectivity index (χ2n) is 12.1. The lowest BCUT2D eigenvalue weighted by molar-refractivity contribution is -0.340. The van der Waals surface area contributed by atoms with Crippen molar-refractivity contribution in [3.63, 3.8) is 0 Å². The van der Waals surface area contributed by atoms with Gasteiger partial charge in [0.15, 0.2) is 0 Å². The summed E-state index contributed by atoms with van der Waals surface area (Å²) in [5.41, 5.74) is 8.90. The van der Waals surface area contributed by atoms with Crippen LogP contribution in [0, 0.1) is 41.4 Å². The molecule has 2 saturated heterocycles. The molecule has 178 valence electrons. The van der Waals surface area contributed by atoms with E-state index in [4.69, 9.17) is 10.5 Å². The fourth-order valence-corrected chi connectivity index (χ4v) is 9.27. The maximum atomic E-state index is 10.2. The summed E-state index contributed by atoms with van der Waals surface area (Å²) in [6.07, 6.45) is 11.7. The zero-order valence-electron chi connectivity index (χ0n) is 20.0. The van der Waals surface area contributed by atoms with E-state index in [0.717, 1.165) is 24.8 Å². The Labute approximate surface area is 198 Å². The van der Waals surface area contributed by atoms with Gasteiger partial charge in [0, 0.05) is 24.5 Å². The number of benzene rings is 1. The highest BCUT2D eigenvalue weighted by atomic mass is 16.5. The lowest BCUT2D eigenvalue weighted by Crippen LogP contribution is -2.80. The molecule has 3 saturated carbocycles. The first kappa shape index (κ1) is 22.0. The van der Waals surface area contributed by atoms with Crippen LogP contribution in [0.2, 0.25) is 0 Å². The van der Waals surface area contributed by atoms with Crippen LogP contribution in [0.15, 0.2) is 18.2 Å². The van der Waals surface area contributed by atoms with Crippen LogP contribution in [0.3, 0.4) is 0 Å². The topological polar surface area (TPSA) is 75.7 Å². The number of hydrogen-bond donors (Lipinski definition) is 3. The summed E-state index contributed by atoms with van der Waals surface area (Å²) in [7, 11) is 0. The number of aliphatic hydroxyl groups excluding tert-OH is 1. The molecule has 2 aliphatic heterocycles. The molecule has 6 bridgehead atoms. The predicted octanol–water partition coefficient (Wildman–Crippen LogP) is 4.34. The van der Waals surface area contributed by atoms with Crippen LogP contribution in [0.4, 0.5) is 0 Å². The average Bonchev–Trinajstić information content (AvgIpc) is 2.78. The second kappa shape index (κ2) is 7.74. The highest BCUT2D eigenvalue weighted by molar-refractivity contribution is 5.39. The molecule has 1 aromatic carbocycles. The van der Waals surface area contributed by atoms with Gasteiger partial charge in [0.05, 0.1) is 17.1 Å². The van der Waals surface area contributed by atoms with Crippen molar-refractivity contribution in [2.24, 2.45) is 35.3 Å². The smallest absolute Gasteiger partial charge is 0.115 e. The number of nitrogens with two attached hydrogens (primary N) is 1. The van der Waals surface area contributed by atoms with E-state index in [1.165, 1.54) is 44.1 Å². The van der Waals surface area contributed by atoms with Crippen LogP contribution >= 0.6 is 0 Å². The molecule has 0 radical (unpaired) electrons. The Bertz CT molecular complexity index is 996. The van der Waals surface area contributed by atoms with Gasteiger partial charge in [-0.2, -0.15) is 0 Å². The van der Waals surface area contributed by atoms with Gasteiger partial charge in [-0.15, -0.1) is 0 Å². The molecule has 2 heterocycles. The maximum Gasteiger partial charge on any atom is 0.115 e. The van der Waals surface area contributed by atoms with E-state index in [0.29, 0.717) is 36.3 Å². The highest BCUT2D eigenvalue weighted by Gasteiger charge is 2.72. The summed E-state index contributed by atoms with van der Waals surface area (Å²) < 4.78 is 7.33. The largest absolute Gasteiger partial charge is 0.508 e. The van der Waals surface area contributed by atoms with Crippen molar-refractivity contribution in [1.82, 2.24) is 0 Å². The minimum absolute atomic E-state index is 0.0489. The van der Waals surface area contributed by atoms with Gasteiger partial charge in [-0.1, -0.05) is 37.2 Å². The summed E-state index contributed by atoms with van der Waals surface area (Å²) >= 11 is 0. The number of aromatic hydroxyl groups is 1. The van der Waals surface area contributed by atoms with Gasteiger partial charge in [0.1, 0.15) is 5.75 Å². The fourth-order valence-electron chi connectivity index (χ4n) is 9.27. The molecule has 4 aliphatic carbocycles. The zero-order chi connectivity index (χ0) is 22.8. The Morgan fingerprint density at radius 1 is 1.18 bits per heavy atom. The molecule has 0 aromatic heterocycles. The molecule has 0 amide bonds. The predicted molar refractivity (Wildman–Crippen MR) is 129 cm³/mol. The molecule has 5 fully saturated rings. The Morgan fingerprint density at radius 3 is 2.88 bits per heavy atom. The lowest BCUT2D eigenvalue weighted by Gasteiger charge is -2.72. The number of rotatable bonds is 2. The van der Waals surface area contributed by atoms with Crippen molar-refractivity contribution in [3.05, 3.63) is 29.3 Å². The SMILES string of the molecule is CC12CCCC3CC4(O1)C1CCCC(Cc5ccc(O)cc5CC#CC4C(N)(CCO)C32)C1. The van der Waals surface area contributed by atoms with E-state index in [1.54, 1.807) is 0 Å². The summed E-state index contributed by atoms with van der Waals surface area (Å²) in [4.78, 5) is 0. The van der Waals surface area contributed by atoms with Gasteiger partial charge in [-0.25, -0.2) is 0 Å². The average molecular weight is 450 g/mol. The lowest BCUT2D eigenvalue weighted by atomic mass is 9.43. The molecule has 1 aromatic rings. The molecule has 6 aliphatic rings. The second-order valence-corrected chi connectivity index (χ2v) is 12.1. The van der Waals surface area contributed by atoms with E-state index in [1.807, 2.05) is 12.1 Å². The van der Waals surface area contributed by atoms with E-state index >= 15 is 0 Å². The normalized spacial score (nSPS) is 45.7. The molecular formula is C29H39NO3. The van der Waals surface area contributed by atoms with Crippen LogP contribution < -0.4 is 5.73 Å². The summed E-state index contributed by atoms with van der Waals surface area (Å²) in [5.74, 6) is 9.40. The van der Waals surface area contributed by atoms with Crippen molar-refractivity contribution >= 4 is 0 Å². The molecule has 33 heavy (non-hydrogen) atoms. The molecule has 8 unspecified atom stereocenters. The molecule has 1 spiro atoms. The third kappa shape index (κ3) is 3.23. The van der Waals surface area contributed by atoms with E-state index in [-0.39, 0.29) is 29.6 Å². The van der Waals surface area contributed by atoms with E-state index in [2.05, 4.69) is 24.8 Å². The van der Waals surface area contributed by atoms with Crippen molar-refractivity contribution in [3.8, 4) is 17.6 Å². The number of ether oxygens (including phenoxy) is 1. The third-order valence-corrected chi connectivity index (χ3v) is 10.2. The molecule has 4 heteroatoms. The molecular weight excluding hydrogens is 410 g/mol. The number of phenols is 1. The number of phenolic OH excluding ortho intramolecular Hbond substituents is 1. The van der Waals surface area contributed by atoms with Crippen molar-refractivity contribution in [2.75, 3.05) is 6.61 Å². The van der Waals surface area contributed by atoms with Gasteiger partial charge in [0.25, 0.3) is 0 Å². The van der Waals surface area contributed by atoms with Gasteiger partial charge in [-0.3, -0.25) is 0 Å². The van der Waals surface area contributed by atoms with Crippen LogP contribution in [0.25, 0.3) is 0 Å². The first-order valence-corrected chi connectivity index (χ1v) is 13.3. The van der Waals surface area contributed by atoms with Gasteiger partial charge in [0.2, 0.25) is 0 Å². The van der Waals surface area contributed by atoms with Crippen molar-refractivity contribution in [2.45, 2.75) is 94.3 Å². The quantitative estimate of drug-likeness (QED) is 0.587. The molecule has 4 N–H and O–H groups in total. The van der Waals surface area contributed by atoms with Crippen molar-refractivity contribution in [1.29, 1.82) is 0 Å². The van der Waals surface area contributed by atoms with E-state index < -0.39 is 5.54 Å². The summed E-state index contributed by atoms with van der Waals surface area (Å²) in [6, 6.07) is 5.83. The van der Waals surface area contributed by atoms with Gasteiger partial charge in [-0.05, 0) is 92.9 Å². The van der Waals surface area contributed by atoms with Crippen LogP contribution in [-0.2, 0) is 17.6 Å². The summed E-state index contributed by atoms with van der Waals surface area (Å²) in [5, 5.41) is 20.3. The first-order chi connectivity index (χ1) is 15.9. The minimum Gasteiger partial charge on any atom is -0.508 e. The fraction of sp³-hybridized carbons (Fsp3) is 0.724. The maximum absolute atomic E-state index is 10.2. The van der Waals surface area contributed by atoms with Crippen LogP contribution in [-0.4, -0.2) is 33.6 Å².